The van der Waals surface area contributed by atoms with Gasteiger partial charge in [0.15, 0.2) is 0 Å². The molecule has 9 heavy (non-hydrogen) atoms. The van der Waals surface area contributed by atoms with Gasteiger partial charge < -0.3 is 15.7 Å². The van der Waals surface area contributed by atoms with Gasteiger partial charge in [-0.25, -0.2) is 0 Å². The molecule has 0 aromatic carbocycles. The maximum absolute atomic E-state index is 10.4. The lowest BCUT2D eigenvalue weighted by Gasteiger charge is -2.20. The molecule has 52 valence electrons. The van der Waals surface area contributed by atoms with Crippen LogP contribution in [0.4, 0.5) is 0 Å². The quantitative estimate of drug-likeness (QED) is 0.411. The van der Waals surface area contributed by atoms with Gasteiger partial charge in [0.2, 0.25) is 0 Å². The van der Waals surface area contributed by atoms with E-state index in [9.17, 15) is 4.79 Å². The van der Waals surface area contributed by atoms with Crippen molar-refractivity contribution in [1.29, 1.82) is 0 Å². The summed E-state index contributed by atoms with van der Waals surface area (Å²) in [6.45, 7) is 1.56. The highest BCUT2D eigenvalue weighted by Crippen LogP contribution is 1.84. The van der Waals surface area contributed by atoms with Crippen LogP contribution in [0.5, 0.6) is 0 Å². The first-order valence-corrected chi connectivity index (χ1v) is 2.91. The van der Waals surface area contributed by atoms with Gasteiger partial charge in [-0.2, -0.15) is 0 Å². The molecule has 1 fully saturated rings. The summed E-state index contributed by atoms with van der Waals surface area (Å²) in [5, 5.41) is 12.5. The van der Waals surface area contributed by atoms with E-state index in [1.54, 1.807) is 0 Å². The van der Waals surface area contributed by atoms with Crippen molar-refractivity contribution >= 4 is 5.97 Å². The standard InChI is InChI=1S/C5H10N2O2/c8-5(9)4-3-6-1-2-7-4/h4,6-7H,1-3H2,(H,8,9)/i/hD. The molecular formula is C5H10N2O2. The number of nitrogens with one attached hydrogen (secondary N) is 2. The molecule has 0 aliphatic carbocycles. The number of hydrogen-bond acceptors (Lipinski definition) is 3. The van der Waals surface area contributed by atoms with Crippen molar-refractivity contribution in [2.24, 2.45) is 0 Å². The first-order valence-electron chi connectivity index (χ1n) is 3.35. The monoisotopic (exact) mass is 131 g/mol. The highest BCUT2D eigenvalue weighted by atomic mass is 16.4. The summed E-state index contributed by atoms with van der Waals surface area (Å²) < 4.78 is 7.17. The lowest BCUT2D eigenvalue weighted by Crippen LogP contribution is -2.52. The number of carbonyl (C=O) groups is 1. The second-order valence-electron chi connectivity index (χ2n) is 1.96. The Kier molecular flexibility index (Phi) is 1.61. The smallest absolute Gasteiger partial charge is 0.322 e. The van der Waals surface area contributed by atoms with Gasteiger partial charge >= 0.3 is 5.97 Å². The van der Waals surface area contributed by atoms with E-state index in [2.05, 4.69) is 5.32 Å². The van der Waals surface area contributed by atoms with Crippen LogP contribution in [0.1, 0.15) is 0 Å². The van der Waals surface area contributed by atoms with E-state index in [1.807, 2.05) is 0 Å². The van der Waals surface area contributed by atoms with Gasteiger partial charge in [0.05, 0.1) is 0 Å². The molecule has 1 atom stereocenters. The second kappa shape index (κ2) is 2.80. The molecule has 1 aliphatic rings. The topological polar surface area (TPSA) is 61.4 Å². The van der Waals surface area contributed by atoms with Crippen LogP contribution in [0.3, 0.4) is 0 Å². The van der Waals surface area contributed by atoms with Crippen LogP contribution in [-0.4, -0.2) is 36.8 Å². The highest BCUT2D eigenvalue weighted by Gasteiger charge is 2.18. The first-order chi connectivity index (χ1) is 4.72. The van der Waals surface area contributed by atoms with E-state index in [-0.39, 0.29) is 0 Å². The zero-order chi connectivity index (χ0) is 7.56. The fourth-order valence-electron chi connectivity index (χ4n) is 0.768. The maximum atomic E-state index is 10.4. The van der Waals surface area contributed by atoms with E-state index in [0.717, 1.165) is 5.31 Å². The minimum Gasteiger partial charge on any atom is -0.480 e. The molecule has 4 heteroatoms. The van der Waals surface area contributed by atoms with Crippen LogP contribution < -0.4 is 10.6 Å². The van der Waals surface area contributed by atoms with Crippen molar-refractivity contribution in [3.8, 4) is 0 Å². The molecule has 1 saturated heterocycles. The van der Waals surface area contributed by atoms with Crippen molar-refractivity contribution < 1.29 is 11.3 Å². The highest BCUT2D eigenvalue weighted by molar-refractivity contribution is 5.73. The molecule has 1 unspecified atom stereocenters. The normalized spacial score (nSPS) is 31.6. The molecule has 1 rings (SSSR count). The Morgan fingerprint density at radius 1 is 1.78 bits per heavy atom. The maximum Gasteiger partial charge on any atom is 0.322 e. The SMILES string of the molecule is [2H]N1CCNCC1C(=O)O. The Hall–Kier alpha value is -0.610. The van der Waals surface area contributed by atoms with Crippen LogP contribution >= 0.6 is 0 Å². The van der Waals surface area contributed by atoms with Crippen LogP contribution in [0.25, 0.3) is 0 Å². The number of piperazine rings is 1. The fourth-order valence-corrected chi connectivity index (χ4v) is 0.768. The third kappa shape index (κ3) is 1.65. The van der Waals surface area contributed by atoms with E-state index in [1.165, 1.54) is 0 Å². The summed E-state index contributed by atoms with van der Waals surface area (Å²) in [5.74, 6) is -0.929. The average Bonchev–Trinajstić information content (AvgIpc) is 1.88. The molecular weight excluding hydrogens is 120 g/mol. The van der Waals surface area contributed by atoms with Crippen molar-refractivity contribution in [1.82, 2.24) is 10.6 Å². The van der Waals surface area contributed by atoms with Gasteiger partial charge in [0.1, 0.15) is 7.45 Å². The predicted octanol–water partition coefficient (Wildman–Crippen LogP) is -1.37. The fraction of sp³-hybridized carbons (Fsp3) is 0.800. The van der Waals surface area contributed by atoms with Gasteiger partial charge in [-0.1, -0.05) is 0 Å². The largest absolute Gasteiger partial charge is 0.480 e. The molecule has 0 aromatic heterocycles. The molecule has 0 radical (unpaired) electrons. The van der Waals surface area contributed by atoms with E-state index in [4.69, 9.17) is 6.52 Å². The Morgan fingerprint density at radius 3 is 3.00 bits per heavy atom. The third-order valence-corrected chi connectivity index (χ3v) is 1.26. The van der Waals surface area contributed by atoms with Crippen molar-refractivity contribution in [3.63, 3.8) is 0 Å². The van der Waals surface area contributed by atoms with Crippen molar-refractivity contribution in [3.05, 3.63) is 0 Å². The molecule has 1 heterocycles. The van der Waals surface area contributed by atoms with Crippen LogP contribution in [-0.2, 0) is 4.79 Å². The van der Waals surface area contributed by atoms with Gasteiger partial charge in [-0.3, -0.25) is 4.79 Å². The van der Waals surface area contributed by atoms with Gasteiger partial charge in [-0.15, -0.1) is 0 Å². The predicted molar refractivity (Wildman–Crippen MR) is 32.3 cm³/mol. The third-order valence-electron chi connectivity index (χ3n) is 1.26. The first kappa shape index (κ1) is 5.20. The number of carboxylic acid groups (broad SMARTS) is 1. The summed E-state index contributed by atoms with van der Waals surface area (Å²) in [6, 6.07) is -0.672. The average molecular weight is 131 g/mol. The molecule has 4 nitrogen and oxygen atoms in total. The Bertz CT molecular complexity index is 142. The number of aliphatic carboxylic acids is 1. The van der Waals surface area contributed by atoms with E-state index < -0.39 is 12.0 Å². The minimum atomic E-state index is -0.929. The summed E-state index contributed by atoms with van der Waals surface area (Å²) in [4.78, 5) is 10.4. The number of hydrogen-bond donors (Lipinski definition) is 3. The Labute approximate surface area is 54.7 Å². The summed E-state index contributed by atoms with van der Waals surface area (Å²) >= 11 is 0. The molecule has 0 spiro atoms. The molecule has 3 N–H and O–H groups in total. The van der Waals surface area contributed by atoms with E-state index in [0.29, 0.717) is 19.6 Å². The summed E-state index contributed by atoms with van der Waals surface area (Å²) in [7, 11) is 0. The Morgan fingerprint density at radius 2 is 2.56 bits per heavy atom. The van der Waals surface area contributed by atoms with Crippen LogP contribution in [0.2, 0.25) is 1.41 Å². The lowest BCUT2D eigenvalue weighted by molar-refractivity contribution is -0.139. The van der Waals surface area contributed by atoms with Crippen molar-refractivity contribution in [2.45, 2.75) is 6.04 Å². The number of rotatable bonds is 1. The summed E-state index contributed by atoms with van der Waals surface area (Å²) in [6.07, 6.45) is 0. The molecule has 0 aromatic rings. The molecule has 1 aliphatic heterocycles. The molecule has 0 saturated carbocycles. The Balaban J connectivity index is 2.47. The lowest BCUT2D eigenvalue weighted by atomic mass is 10.2. The molecule has 0 amide bonds. The zero-order valence-corrected chi connectivity index (χ0v) is 5.00. The summed E-state index contributed by atoms with van der Waals surface area (Å²) in [5.41, 5.74) is 0. The van der Waals surface area contributed by atoms with Crippen LogP contribution in [0, 0.1) is 0 Å². The van der Waals surface area contributed by atoms with Crippen molar-refractivity contribution in [2.75, 3.05) is 19.6 Å². The van der Waals surface area contributed by atoms with Gasteiger partial charge in [0, 0.05) is 19.6 Å². The zero-order valence-electron chi connectivity index (χ0n) is 6.00. The van der Waals surface area contributed by atoms with E-state index >= 15 is 0 Å². The van der Waals surface area contributed by atoms with Crippen LogP contribution in [0.15, 0.2) is 0 Å². The van der Waals surface area contributed by atoms with Gasteiger partial charge in [0.25, 0.3) is 0 Å². The minimum absolute atomic E-state index is 0.374. The number of carboxylic acids is 1. The van der Waals surface area contributed by atoms with Gasteiger partial charge in [-0.05, 0) is 0 Å². The second-order valence-corrected chi connectivity index (χ2v) is 1.96. The molecule has 0 bridgehead atoms.